The number of hydrogen-bond donors (Lipinski definition) is 3. The van der Waals surface area contributed by atoms with E-state index in [1.807, 2.05) is 7.05 Å². The van der Waals surface area contributed by atoms with Crippen molar-refractivity contribution in [2.75, 3.05) is 20.3 Å². The Balaban J connectivity index is 3.21. The van der Waals surface area contributed by atoms with E-state index >= 15 is 0 Å². The molecule has 0 saturated carbocycles. The van der Waals surface area contributed by atoms with Gasteiger partial charge >= 0.3 is 0 Å². The Hall–Kier alpha value is -0.120. The molecule has 0 aromatic carbocycles. The van der Waals surface area contributed by atoms with Gasteiger partial charge in [-0.3, -0.25) is 0 Å². The lowest BCUT2D eigenvalue weighted by atomic mass is 9.93. The molecule has 0 rings (SSSR count). The lowest BCUT2D eigenvalue weighted by Gasteiger charge is -2.29. The average Bonchev–Trinajstić information content (AvgIpc) is 2.65. The lowest BCUT2D eigenvalue weighted by Crippen LogP contribution is -2.49. The Kier molecular flexibility index (Phi) is 18.6. The standard InChI is InChI=1S/C22H47NO2/c1-3-4-5-6-7-8-9-10-11-12-13-14-15-16-17-18-19-22(20-24,21-25)23-2/h23-25H,3-21H2,1-2H3. The molecule has 0 aliphatic rings. The Bertz CT molecular complexity index is 246. The average molecular weight is 358 g/mol. The van der Waals surface area contributed by atoms with Crippen molar-refractivity contribution in [2.45, 2.75) is 122 Å². The molecule has 0 aliphatic heterocycles. The molecule has 0 bridgehead atoms. The van der Waals surface area contributed by atoms with Gasteiger partial charge in [0, 0.05) is 0 Å². The van der Waals surface area contributed by atoms with Crippen LogP contribution in [0, 0.1) is 0 Å². The molecule has 0 aromatic heterocycles. The molecule has 0 spiro atoms. The van der Waals surface area contributed by atoms with E-state index in [1.165, 1.54) is 96.3 Å². The molecule has 0 heterocycles. The van der Waals surface area contributed by atoms with Crippen LogP contribution in [0.25, 0.3) is 0 Å². The first-order valence-corrected chi connectivity index (χ1v) is 11.2. The zero-order chi connectivity index (χ0) is 18.6. The van der Waals surface area contributed by atoms with Crippen molar-refractivity contribution in [3.05, 3.63) is 0 Å². The Morgan fingerprint density at radius 3 is 1.16 bits per heavy atom. The summed E-state index contributed by atoms with van der Waals surface area (Å²) >= 11 is 0. The minimum atomic E-state index is -0.476. The molecular formula is C22H47NO2. The van der Waals surface area contributed by atoms with E-state index < -0.39 is 5.54 Å². The Morgan fingerprint density at radius 2 is 0.880 bits per heavy atom. The van der Waals surface area contributed by atoms with E-state index in [0.717, 1.165) is 12.8 Å². The predicted octanol–water partition coefficient (Wildman–Crippen LogP) is 5.58. The molecule has 3 nitrogen and oxygen atoms in total. The van der Waals surface area contributed by atoms with Crippen LogP contribution < -0.4 is 5.32 Å². The summed E-state index contributed by atoms with van der Waals surface area (Å²) in [7, 11) is 1.82. The number of rotatable bonds is 20. The molecule has 0 aromatic rings. The fourth-order valence-corrected chi connectivity index (χ4v) is 3.50. The SMILES string of the molecule is CCCCCCCCCCCCCCCCCCC(CO)(CO)NC. The quantitative estimate of drug-likeness (QED) is 0.249. The van der Waals surface area contributed by atoms with E-state index in [2.05, 4.69) is 12.2 Å². The van der Waals surface area contributed by atoms with Crippen LogP contribution in [0.15, 0.2) is 0 Å². The molecule has 0 fully saturated rings. The number of unbranched alkanes of at least 4 members (excludes halogenated alkanes) is 15. The van der Waals surface area contributed by atoms with Crippen LogP contribution in [0.2, 0.25) is 0 Å². The van der Waals surface area contributed by atoms with Gasteiger partial charge in [-0.1, -0.05) is 110 Å². The van der Waals surface area contributed by atoms with Gasteiger partial charge in [0.2, 0.25) is 0 Å². The first kappa shape index (κ1) is 24.9. The molecule has 0 saturated heterocycles. The zero-order valence-corrected chi connectivity index (χ0v) is 17.3. The third-order valence-electron chi connectivity index (χ3n) is 5.64. The van der Waals surface area contributed by atoms with E-state index in [9.17, 15) is 10.2 Å². The molecule has 0 atom stereocenters. The molecule has 3 heteroatoms. The van der Waals surface area contributed by atoms with E-state index in [1.54, 1.807) is 0 Å². The van der Waals surface area contributed by atoms with Crippen LogP contribution in [0.5, 0.6) is 0 Å². The molecule has 152 valence electrons. The van der Waals surface area contributed by atoms with E-state index in [-0.39, 0.29) is 13.2 Å². The van der Waals surface area contributed by atoms with Crippen molar-refractivity contribution < 1.29 is 10.2 Å². The highest BCUT2D eigenvalue weighted by molar-refractivity contribution is 4.85. The van der Waals surface area contributed by atoms with Crippen LogP contribution in [-0.4, -0.2) is 36.0 Å². The maximum absolute atomic E-state index is 9.38. The fourth-order valence-electron chi connectivity index (χ4n) is 3.50. The summed E-state index contributed by atoms with van der Waals surface area (Å²) < 4.78 is 0. The van der Waals surface area contributed by atoms with Gasteiger partial charge in [0.05, 0.1) is 18.8 Å². The minimum Gasteiger partial charge on any atom is -0.394 e. The van der Waals surface area contributed by atoms with Gasteiger partial charge in [-0.25, -0.2) is 0 Å². The van der Waals surface area contributed by atoms with Crippen molar-refractivity contribution >= 4 is 0 Å². The van der Waals surface area contributed by atoms with Crippen LogP contribution in [0.1, 0.15) is 116 Å². The minimum absolute atomic E-state index is 0.0126. The van der Waals surface area contributed by atoms with Crippen LogP contribution in [-0.2, 0) is 0 Å². The molecule has 0 aliphatic carbocycles. The third-order valence-corrected chi connectivity index (χ3v) is 5.64. The second-order valence-corrected chi connectivity index (χ2v) is 7.90. The van der Waals surface area contributed by atoms with Crippen molar-refractivity contribution in [1.29, 1.82) is 0 Å². The number of nitrogens with one attached hydrogen (secondary N) is 1. The first-order valence-electron chi connectivity index (χ1n) is 11.2. The number of aliphatic hydroxyl groups excluding tert-OH is 2. The summed E-state index contributed by atoms with van der Waals surface area (Å²) in [6, 6.07) is 0. The summed E-state index contributed by atoms with van der Waals surface area (Å²) in [5.74, 6) is 0. The smallest absolute Gasteiger partial charge is 0.0645 e. The topological polar surface area (TPSA) is 52.5 Å². The second kappa shape index (κ2) is 18.7. The van der Waals surface area contributed by atoms with Gasteiger partial charge in [0.15, 0.2) is 0 Å². The molecular weight excluding hydrogens is 310 g/mol. The van der Waals surface area contributed by atoms with Crippen LogP contribution in [0.3, 0.4) is 0 Å². The van der Waals surface area contributed by atoms with Crippen molar-refractivity contribution in [3.8, 4) is 0 Å². The first-order chi connectivity index (χ1) is 12.2. The zero-order valence-electron chi connectivity index (χ0n) is 17.3. The number of aliphatic hydroxyl groups is 2. The third kappa shape index (κ3) is 14.7. The van der Waals surface area contributed by atoms with Gasteiger partial charge in [0.1, 0.15) is 0 Å². The predicted molar refractivity (Wildman–Crippen MR) is 110 cm³/mol. The monoisotopic (exact) mass is 357 g/mol. The van der Waals surface area contributed by atoms with Crippen molar-refractivity contribution in [2.24, 2.45) is 0 Å². The summed E-state index contributed by atoms with van der Waals surface area (Å²) in [5, 5.41) is 21.8. The summed E-state index contributed by atoms with van der Waals surface area (Å²) in [6.45, 7) is 2.31. The molecule has 0 radical (unpaired) electrons. The van der Waals surface area contributed by atoms with E-state index in [0.29, 0.717) is 0 Å². The molecule has 3 N–H and O–H groups in total. The Labute approximate surface area is 158 Å². The Morgan fingerprint density at radius 1 is 0.560 bits per heavy atom. The van der Waals surface area contributed by atoms with Gasteiger partial charge < -0.3 is 15.5 Å². The number of likely N-dealkylation sites (N-methyl/N-ethyl adjacent to an activating group) is 1. The highest BCUT2D eigenvalue weighted by Crippen LogP contribution is 2.17. The van der Waals surface area contributed by atoms with Crippen molar-refractivity contribution in [3.63, 3.8) is 0 Å². The summed E-state index contributed by atoms with van der Waals surface area (Å²) in [4.78, 5) is 0. The maximum atomic E-state index is 9.38. The normalized spacial score (nSPS) is 12.0. The molecule has 25 heavy (non-hydrogen) atoms. The van der Waals surface area contributed by atoms with E-state index in [4.69, 9.17) is 0 Å². The van der Waals surface area contributed by atoms with Crippen molar-refractivity contribution in [1.82, 2.24) is 5.32 Å². The second-order valence-electron chi connectivity index (χ2n) is 7.90. The highest BCUT2D eigenvalue weighted by atomic mass is 16.3. The lowest BCUT2D eigenvalue weighted by molar-refractivity contribution is 0.0881. The fraction of sp³-hybridized carbons (Fsp3) is 1.00. The molecule has 0 unspecified atom stereocenters. The summed E-state index contributed by atoms with van der Waals surface area (Å²) in [5.41, 5.74) is -0.476. The largest absolute Gasteiger partial charge is 0.394 e. The van der Waals surface area contributed by atoms with Gasteiger partial charge in [-0.15, -0.1) is 0 Å². The van der Waals surface area contributed by atoms with Gasteiger partial charge in [0.25, 0.3) is 0 Å². The highest BCUT2D eigenvalue weighted by Gasteiger charge is 2.25. The van der Waals surface area contributed by atoms with Gasteiger partial charge in [-0.05, 0) is 13.5 Å². The number of hydrogen-bond acceptors (Lipinski definition) is 3. The molecule has 0 amide bonds. The van der Waals surface area contributed by atoms with Crippen LogP contribution >= 0.6 is 0 Å². The maximum Gasteiger partial charge on any atom is 0.0645 e. The van der Waals surface area contributed by atoms with Gasteiger partial charge in [-0.2, -0.15) is 0 Å². The van der Waals surface area contributed by atoms with Crippen LogP contribution in [0.4, 0.5) is 0 Å². The summed E-state index contributed by atoms with van der Waals surface area (Å²) in [6.07, 6.45) is 22.8.